The Kier molecular flexibility index (Phi) is 3.05. The molecule has 92 valence electrons. The summed E-state index contributed by atoms with van der Waals surface area (Å²) in [6, 6.07) is 6.04. The summed E-state index contributed by atoms with van der Waals surface area (Å²) in [5, 5.41) is 9.69. The second kappa shape index (κ2) is 4.70. The summed E-state index contributed by atoms with van der Waals surface area (Å²) in [5.41, 5.74) is 2.01. The van der Waals surface area contributed by atoms with Crippen LogP contribution in [0.3, 0.4) is 0 Å². The van der Waals surface area contributed by atoms with Crippen LogP contribution in [0.25, 0.3) is 5.65 Å². The SMILES string of the molecule is Cc1cccn2nc(NCc3sccc3Br)nc12. The van der Waals surface area contributed by atoms with Gasteiger partial charge in [-0.25, -0.2) is 4.52 Å². The molecule has 3 aromatic heterocycles. The fourth-order valence-electron chi connectivity index (χ4n) is 1.72. The maximum absolute atomic E-state index is 4.47. The van der Waals surface area contributed by atoms with Gasteiger partial charge in [0.15, 0.2) is 5.65 Å². The van der Waals surface area contributed by atoms with Crippen LogP contribution in [-0.2, 0) is 6.54 Å². The van der Waals surface area contributed by atoms with Crippen molar-refractivity contribution in [2.45, 2.75) is 13.5 Å². The van der Waals surface area contributed by atoms with Gasteiger partial charge in [-0.3, -0.25) is 0 Å². The highest BCUT2D eigenvalue weighted by molar-refractivity contribution is 9.10. The minimum Gasteiger partial charge on any atom is -0.348 e. The van der Waals surface area contributed by atoms with E-state index in [2.05, 4.69) is 36.7 Å². The van der Waals surface area contributed by atoms with E-state index in [0.717, 1.165) is 22.2 Å². The highest BCUT2D eigenvalue weighted by atomic mass is 79.9. The summed E-state index contributed by atoms with van der Waals surface area (Å²) in [5.74, 6) is 0.657. The smallest absolute Gasteiger partial charge is 0.243 e. The van der Waals surface area contributed by atoms with Gasteiger partial charge in [-0.2, -0.15) is 4.98 Å². The van der Waals surface area contributed by atoms with Gasteiger partial charge in [0.1, 0.15) is 0 Å². The number of hydrogen-bond donors (Lipinski definition) is 1. The summed E-state index contributed by atoms with van der Waals surface area (Å²) in [7, 11) is 0. The molecular formula is C12H11BrN4S. The first kappa shape index (κ1) is 11.7. The summed E-state index contributed by atoms with van der Waals surface area (Å²) < 4.78 is 2.92. The quantitative estimate of drug-likeness (QED) is 0.802. The number of aromatic nitrogens is 3. The van der Waals surface area contributed by atoms with E-state index in [1.54, 1.807) is 15.9 Å². The minimum absolute atomic E-state index is 0.657. The van der Waals surface area contributed by atoms with Gasteiger partial charge < -0.3 is 5.32 Å². The molecule has 0 atom stereocenters. The molecule has 0 amide bonds. The van der Waals surface area contributed by atoms with Gasteiger partial charge in [-0.15, -0.1) is 16.4 Å². The van der Waals surface area contributed by atoms with E-state index in [-0.39, 0.29) is 0 Å². The summed E-state index contributed by atoms with van der Waals surface area (Å²) in [6.07, 6.45) is 1.90. The molecule has 0 bridgehead atoms. The Morgan fingerprint density at radius 1 is 1.44 bits per heavy atom. The molecule has 0 aliphatic carbocycles. The van der Waals surface area contributed by atoms with Crippen LogP contribution in [0.1, 0.15) is 10.4 Å². The van der Waals surface area contributed by atoms with E-state index in [1.165, 1.54) is 4.88 Å². The van der Waals surface area contributed by atoms with Crippen molar-refractivity contribution in [2.75, 3.05) is 5.32 Å². The molecule has 0 unspecified atom stereocenters. The van der Waals surface area contributed by atoms with Crippen molar-refractivity contribution in [3.63, 3.8) is 0 Å². The van der Waals surface area contributed by atoms with Crippen LogP contribution in [0.15, 0.2) is 34.2 Å². The van der Waals surface area contributed by atoms with Crippen LogP contribution in [0, 0.1) is 6.92 Å². The van der Waals surface area contributed by atoms with E-state index in [4.69, 9.17) is 0 Å². The van der Waals surface area contributed by atoms with Gasteiger partial charge in [-0.05, 0) is 45.9 Å². The molecule has 0 saturated heterocycles. The number of thiophene rings is 1. The molecule has 0 saturated carbocycles. The van der Waals surface area contributed by atoms with Gasteiger partial charge in [0.05, 0.1) is 6.54 Å². The van der Waals surface area contributed by atoms with E-state index in [1.807, 2.05) is 31.3 Å². The van der Waals surface area contributed by atoms with Crippen LogP contribution in [0.5, 0.6) is 0 Å². The molecule has 3 heterocycles. The van der Waals surface area contributed by atoms with Crippen molar-refractivity contribution in [1.29, 1.82) is 0 Å². The van der Waals surface area contributed by atoms with Crippen molar-refractivity contribution >= 4 is 38.9 Å². The normalized spacial score (nSPS) is 11.0. The molecule has 3 rings (SSSR count). The number of anilines is 1. The summed E-state index contributed by atoms with van der Waals surface area (Å²) in [6.45, 7) is 2.76. The Balaban J connectivity index is 1.83. The third kappa shape index (κ3) is 2.13. The minimum atomic E-state index is 0.657. The van der Waals surface area contributed by atoms with E-state index in [9.17, 15) is 0 Å². The van der Waals surface area contributed by atoms with Crippen LogP contribution >= 0.6 is 27.3 Å². The lowest BCUT2D eigenvalue weighted by Gasteiger charge is -1.98. The lowest BCUT2D eigenvalue weighted by atomic mass is 10.3. The fourth-order valence-corrected chi connectivity index (χ4v) is 3.16. The van der Waals surface area contributed by atoms with Crippen molar-refractivity contribution in [2.24, 2.45) is 0 Å². The molecule has 0 aromatic carbocycles. The topological polar surface area (TPSA) is 42.2 Å². The molecule has 0 radical (unpaired) electrons. The van der Waals surface area contributed by atoms with Crippen LogP contribution < -0.4 is 5.32 Å². The van der Waals surface area contributed by atoms with Crippen molar-refractivity contribution in [1.82, 2.24) is 14.6 Å². The Labute approximate surface area is 117 Å². The highest BCUT2D eigenvalue weighted by Gasteiger charge is 2.06. The van der Waals surface area contributed by atoms with Gasteiger partial charge in [0.25, 0.3) is 0 Å². The zero-order chi connectivity index (χ0) is 12.5. The Bertz CT molecular complexity index is 688. The number of hydrogen-bond acceptors (Lipinski definition) is 4. The fraction of sp³-hybridized carbons (Fsp3) is 0.167. The predicted octanol–water partition coefficient (Wildman–Crippen LogP) is 3.47. The zero-order valence-electron chi connectivity index (χ0n) is 9.72. The van der Waals surface area contributed by atoms with Gasteiger partial charge in [0, 0.05) is 15.5 Å². The number of halogens is 1. The molecule has 4 nitrogen and oxygen atoms in total. The second-order valence-corrected chi connectivity index (χ2v) is 5.80. The number of nitrogens with one attached hydrogen (secondary N) is 1. The first-order valence-corrected chi connectivity index (χ1v) is 7.19. The number of pyridine rings is 1. The third-order valence-corrected chi connectivity index (χ3v) is 4.58. The van der Waals surface area contributed by atoms with Gasteiger partial charge >= 0.3 is 0 Å². The highest BCUT2D eigenvalue weighted by Crippen LogP contribution is 2.23. The van der Waals surface area contributed by atoms with Crippen molar-refractivity contribution < 1.29 is 0 Å². The average molecular weight is 323 g/mol. The third-order valence-electron chi connectivity index (χ3n) is 2.66. The molecule has 0 aliphatic rings. The summed E-state index contributed by atoms with van der Waals surface area (Å²) >= 11 is 5.22. The number of aryl methyl sites for hydroxylation is 1. The molecule has 0 aliphatic heterocycles. The molecule has 0 fully saturated rings. The largest absolute Gasteiger partial charge is 0.348 e. The first-order valence-electron chi connectivity index (χ1n) is 5.52. The second-order valence-electron chi connectivity index (χ2n) is 3.94. The number of fused-ring (bicyclic) bond motifs is 1. The monoisotopic (exact) mass is 322 g/mol. The van der Waals surface area contributed by atoms with E-state index < -0.39 is 0 Å². The number of rotatable bonds is 3. The van der Waals surface area contributed by atoms with Crippen molar-refractivity contribution in [3.8, 4) is 0 Å². The van der Waals surface area contributed by atoms with Gasteiger partial charge in [-0.1, -0.05) is 6.07 Å². The predicted molar refractivity (Wildman–Crippen MR) is 77.1 cm³/mol. The molecule has 0 spiro atoms. The molecule has 1 N–H and O–H groups in total. The average Bonchev–Trinajstić information content (AvgIpc) is 2.93. The molecule has 3 aromatic rings. The maximum atomic E-state index is 4.47. The maximum Gasteiger partial charge on any atom is 0.243 e. The molecule has 18 heavy (non-hydrogen) atoms. The summed E-state index contributed by atoms with van der Waals surface area (Å²) in [4.78, 5) is 5.71. The van der Waals surface area contributed by atoms with Crippen LogP contribution in [-0.4, -0.2) is 14.6 Å². The Morgan fingerprint density at radius 2 is 2.33 bits per heavy atom. The standard InChI is InChI=1S/C12H11BrN4S/c1-8-3-2-5-17-11(8)15-12(16-17)14-7-10-9(13)4-6-18-10/h2-6H,7H2,1H3,(H,14,16). The van der Waals surface area contributed by atoms with Gasteiger partial charge in [0.2, 0.25) is 5.95 Å². The molecular weight excluding hydrogens is 312 g/mol. The zero-order valence-corrected chi connectivity index (χ0v) is 12.1. The Hall–Kier alpha value is -1.40. The number of nitrogens with zero attached hydrogens (tertiary/aromatic N) is 3. The molecule has 6 heteroatoms. The van der Waals surface area contributed by atoms with Crippen LogP contribution in [0.2, 0.25) is 0 Å². The van der Waals surface area contributed by atoms with Crippen LogP contribution in [0.4, 0.5) is 5.95 Å². The van der Waals surface area contributed by atoms with E-state index >= 15 is 0 Å². The lowest BCUT2D eigenvalue weighted by molar-refractivity contribution is 0.948. The van der Waals surface area contributed by atoms with Crippen molar-refractivity contribution in [3.05, 3.63) is 44.7 Å². The van der Waals surface area contributed by atoms with E-state index in [0.29, 0.717) is 5.95 Å². The lowest BCUT2D eigenvalue weighted by Crippen LogP contribution is -1.99. The first-order chi connectivity index (χ1) is 8.74. The Morgan fingerprint density at radius 3 is 3.06 bits per heavy atom.